The summed E-state index contributed by atoms with van der Waals surface area (Å²) >= 11 is 0. The minimum absolute atomic E-state index is 0.0587. The van der Waals surface area contributed by atoms with Crippen LogP contribution in [0.25, 0.3) is 0 Å². The lowest BCUT2D eigenvalue weighted by molar-refractivity contribution is 0.229. The van der Waals surface area contributed by atoms with Crippen molar-refractivity contribution >= 4 is 10.0 Å². The molecule has 1 aromatic carbocycles. The van der Waals surface area contributed by atoms with Gasteiger partial charge in [-0.2, -0.15) is 4.98 Å². The summed E-state index contributed by atoms with van der Waals surface area (Å²) in [5.41, 5.74) is 5.59. The Balaban J connectivity index is 1.72. The highest BCUT2D eigenvalue weighted by atomic mass is 32.2. The highest BCUT2D eigenvalue weighted by Crippen LogP contribution is 2.36. The lowest BCUT2D eigenvalue weighted by atomic mass is 9.77. The Hall–Kier alpha value is -2.17. The third kappa shape index (κ3) is 4.23. The first-order chi connectivity index (χ1) is 12.9. The van der Waals surface area contributed by atoms with Crippen LogP contribution in [0.4, 0.5) is 0 Å². The van der Waals surface area contributed by atoms with E-state index in [1.165, 1.54) is 12.1 Å². The number of nitrogens with one attached hydrogen (secondary N) is 1. The van der Waals surface area contributed by atoms with E-state index in [-0.39, 0.29) is 17.3 Å². The van der Waals surface area contributed by atoms with Gasteiger partial charge >= 0.3 is 0 Å². The monoisotopic (exact) mass is 396 g/mol. The van der Waals surface area contributed by atoms with Gasteiger partial charge in [-0.3, -0.25) is 0 Å². The van der Waals surface area contributed by atoms with Gasteiger partial charge in [-0.15, -0.1) is 0 Å². The fourth-order valence-electron chi connectivity index (χ4n) is 2.75. The van der Waals surface area contributed by atoms with E-state index in [9.17, 15) is 8.42 Å². The molecule has 0 amide bonds. The quantitative estimate of drug-likeness (QED) is 0.655. The van der Waals surface area contributed by atoms with E-state index in [0.717, 1.165) is 19.3 Å². The fraction of sp³-hybridized carbons (Fsp3) is 0.529. The van der Waals surface area contributed by atoms with Crippen molar-refractivity contribution in [3.8, 4) is 11.5 Å². The molecular formula is C17H24N4O5S. The molecule has 1 aromatic heterocycles. The number of nitrogens with zero attached hydrogens (tertiary/aromatic N) is 2. The summed E-state index contributed by atoms with van der Waals surface area (Å²) in [6.45, 7) is 4.38. The van der Waals surface area contributed by atoms with Crippen LogP contribution in [0.5, 0.6) is 11.5 Å². The van der Waals surface area contributed by atoms with Gasteiger partial charge in [0.2, 0.25) is 15.9 Å². The van der Waals surface area contributed by atoms with Crippen molar-refractivity contribution in [2.45, 2.75) is 50.1 Å². The predicted molar refractivity (Wildman–Crippen MR) is 96.8 cm³/mol. The summed E-state index contributed by atoms with van der Waals surface area (Å²) in [6, 6.07) is 4.46. The Morgan fingerprint density at radius 1 is 1.22 bits per heavy atom. The molecule has 0 aliphatic heterocycles. The lowest BCUT2D eigenvalue weighted by Crippen LogP contribution is -2.44. The van der Waals surface area contributed by atoms with Gasteiger partial charge < -0.3 is 19.7 Å². The second kappa shape index (κ2) is 7.83. The summed E-state index contributed by atoms with van der Waals surface area (Å²) in [4.78, 5) is 4.27. The van der Waals surface area contributed by atoms with Gasteiger partial charge in [-0.05, 0) is 45.2 Å². The van der Waals surface area contributed by atoms with E-state index in [1.807, 2.05) is 13.8 Å². The van der Waals surface area contributed by atoms with Crippen molar-refractivity contribution in [1.82, 2.24) is 14.9 Å². The lowest BCUT2D eigenvalue weighted by Gasteiger charge is -2.34. The number of hydrogen-bond acceptors (Lipinski definition) is 8. The molecule has 1 fully saturated rings. The number of sulfonamides is 1. The molecule has 0 bridgehead atoms. The van der Waals surface area contributed by atoms with Gasteiger partial charge in [0.05, 0.1) is 30.2 Å². The van der Waals surface area contributed by atoms with E-state index in [0.29, 0.717) is 30.5 Å². The molecule has 10 heteroatoms. The molecule has 148 valence electrons. The largest absolute Gasteiger partial charge is 0.490 e. The van der Waals surface area contributed by atoms with Gasteiger partial charge in [-0.25, -0.2) is 13.1 Å². The van der Waals surface area contributed by atoms with Gasteiger partial charge in [0.25, 0.3) is 0 Å². The maximum Gasteiger partial charge on any atom is 0.241 e. The van der Waals surface area contributed by atoms with Crippen molar-refractivity contribution < 1.29 is 22.4 Å². The molecule has 1 saturated carbocycles. The Morgan fingerprint density at radius 2 is 1.93 bits per heavy atom. The molecule has 1 heterocycles. The van der Waals surface area contributed by atoms with Crippen LogP contribution in [0.15, 0.2) is 27.6 Å². The van der Waals surface area contributed by atoms with Gasteiger partial charge in [-0.1, -0.05) is 5.16 Å². The van der Waals surface area contributed by atoms with Crippen LogP contribution in [-0.4, -0.2) is 31.8 Å². The van der Waals surface area contributed by atoms with Crippen molar-refractivity contribution in [3.63, 3.8) is 0 Å². The van der Waals surface area contributed by atoms with Crippen molar-refractivity contribution in [2.24, 2.45) is 5.73 Å². The van der Waals surface area contributed by atoms with Crippen LogP contribution in [-0.2, 0) is 22.1 Å². The third-order valence-electron chi connectivity index (χ3n) is 4.40. The normalized spacial score (nSPS) is 16.0. The number of rotatable bonds is 9. The number of ether oxygens (including phenoxy) is 2. The van der Waals surface area contributed by atoms with Crippen LogP contribution >= 0.6 is 0 Å². The zero-order valence-electron chi connectivity index (χ0n) is 15.4. The molecule has 3 rings (SSSR count). The average molecular weight is 396 g/mol. The third-order valence-corrected chi connectivity index (χ3v) is 5.80. The Labute approximate surface area is 158 Å². The molecule has 9 nitrogen and oxygen atoms in total. The van der Waals surface area contributed by atoms with Crippen molar-refractivity contribution in [3.05, 3.63) is 29.9 Å². The molecule has 3 N–H and O–H groups in total. The Morgan fingerprint density at radius 3 is 2.56 bits per heavy atom. The molecule has 0 spiro atoms. The predicted octanol–water partition coefficient (Wildman–Crippen LogP) is 1.68. The number of nitrogens with two attached hydrogens (primary N) is 1. The van der Waals surface area contributed by atoms with E-state index in [2.05, 4.69) is 14.9 Å². The molecule has 0 unspecified atom stereocenters. The SMILES string of the molecule is CCOc1ccc(S(=O)(=O)NCc2nc(C3(N)CCC3)no2)cc1OCC. The standard InChI is InChI=1S/C17H24N4O5S/c1-3-24-13-7-6-12(10-14(13)25-4-2)27(22,23)19-11-15-20-16(21-26-15)17(18)8-5-9-17/h6-7,10,19H,3-5,8-9,11,18H2,1-2H3. The average Bonchev–Trinajstić information content (AvgIpc) is 3.09. The topological polar surface area (TPSA) is 130 Å². The van der Waals surface area contributed by atoms with Gasteiger partial charge in [0.15, 0.2) is 17.3 Å². The van der Waals surface area contributed by atoms with Gasteiger partial charge in [0.1, 0.15) is 0 Å². The smallest absolute Gasteiger partial charge is 0.241 e. The van der Waals surface area contributed by atoms with Crippen LogP contribution in [0, 0.1) is 0 Å². The van der Waals surface area contributed by atoms with E-state index in [1.54, 1.807) is 6.07 Å². The minimum Gasteiger partial charge on any atom is -0.490 e. The zero-order chi connectivity index (χ0) is 19.5. The van der Waals surface area contributed by atoms with Gasteiger partial charge in [0, 0.05) is 6.07 Å². The highest BCUT2D eigenvalue weighted by Gasteiger charge is 2.39. The van der Waals surface area contributed by atoms with E-state index in [4.69, 9.17) is 19.7 Å². The maximum atomic E-state index is 12.6. The summed E-state index contributed by atoms with van der Waals surface area (Å²) in [5.74, 6) is 1.45. The molecule has 2 aromatic rings. The van der Waals surface area contributed by atoms with Crippen LogP contribution < -0.4 is 19.9 Å². The Bertz CT molecular complexity index is 892. The molecular weight excluding hydrogens is 372 g/mol. The van der Waals surface area contributed by atoms with Crippen LogP contribution in [0.2, 0.25) is 0 Å². The van der Waals surface area contributed by atoms with Crippen LogP contribution in [0.3, 0.4) is 0 Å². The maximum absolute atomic E-state index is 12.6. The second-order valence-electron chi connectivity index (χ2n) is 6.32. The number of aromatic nitrogens is 2. The zero-order valence-corrected chi connectivity index (χ0v) is 16.2. The molecule has 0 atom stereocenters. The second-order valence-corrected chi connectivity index (χ2v) is 8.09. The summed E-state index contributed by atoms with van der Waals surface area (Å²) in [7, 11) is -3.79. The minimum atomic E-state index is -3.79. The summed E-state index contributed by atoms with van der Waals surface area (Å²) in [5, 5.41) is 3.87. The first-order valence-corrected chi connectivity index (χ1v) is 10.4. The first kappa shape index (κ1) is 19.6. The number of hydrogen-bond donors (Lipinski definition) is 2. The molecule has 0 saturated heterocycles. The van der Waals surface area contributed by atoms with Crippen LogP contribution in [0.1, 0.15) is 44.8 Å². The van der Waals surface area contributed by atoms with Crippen molar-refractivity contribution in [1.29, 1.82) is 0 Å². The summed E-state index contributed by atoms with van der Waals surface area (Å²) < 4.78 is 43.7. The Kier molecular flexibility index (Phi) is 5.68. The molecule has 0 radical (unpaired) electrons. The van der Waals surface area contributed by atoms with E-state index >= 15 is 0 Å². The van der Waals surface area contributed by atoms with E-state index < -0.39 is 15.6 Å². The van der Waals surface area contributed by atoms with Crippen molar-refractivity contribution in [2.75, 3.05) is 13.2 Å². The first-order valence-electron chi connectivity index (χ1n) is 8.89. The summed E-state index contributed by atoms with van der Waals surface area (Å²) in [6.07, 6.45) is 2.61. The number of benzene rings is 1. The molecule has 1 aliphatic rings. The molecule has 1 aliphatic carbocycles. The fourth-order valence-corrected chi connectivity index (χ4v) is 3.74. The molecule has 27 heavy (non-hydrogen) atoms. The highest BCUT2D eigenvalue weighted by molar-refractivity contribution is 7.89.